The molecule has 0 aliphatic rings. The van der Waals surface area contributed by atoms with Crippen LogP contribution in [-0.4, -0.2) is 20.1 Å². The zero-order valence-corrected chi connectivity index (χ0v) is 13.7. The average molecular weight is 323 g/mol. The second kappa shape index (κ2) is 7.98. The van der Waals surface area contributed by atoms with Gasteiger partial charge in [-0.3, -0.25) is 0 Å². The van der Waals surface area contributed by atoms with Crippen LogP contribution in [0.25, 0.3) is 27.5 Å². The lowest BCUT2D eigenvalue weighted by molar-refractivity contribution is -0.354. The minimum atomic E-state index is 0.973. The van der Waals surface area contributed by atoms with Crippen molar-refractivity contribution in [3.05, 3.63) is 65.6 Å². The van der Waals surface area contributed by atoms with Gasteiger partial charge in [-0.1, -0.05) is 36.5 Å². The van der Waals surface area contributed by atoms with E-state index in [0.29, 0.717) is 0 Å². The minimum absolute atomic E-state index is 0.973. The number of nitrogens with zero attached hydrogens (tertiary/aromatic N) is 2. The maximum atomic E-state index is 7.13. The monoisotopic (exact) mass is 323 g/mol. The van der Waals surface area contributed by atoms with Gasteiger partial charge in [-0.25, -0.2) is 15.0 Å². The number of aromatic nitrogens is 4. The van der Waals surface area contributed by atoms with Crippen molar-refractivity contribution in [2.45, 2.75) is 13.8 Å². The van der Waals surface area contributed by atoms with Crippen molar-refractivity contribution in [3.63, 3.8) is 0 Å². The summed E-state index contributed by atoms with van der Waals surface area (Å²) in [6.07, 6.45) is 0. The third-order valence-corrected chi connectivity index (χ3v) is 3.08. The molecule has 2 heterocycles. The van der Waals surface area contributed by atoms with E-state index in [4.69, 9.17) is 5.41 Å². The maximum Gasteiger partial charge on any atom is 0.249 e. The Balaban J connectivity index is 0.000000143. The Kier molecular flexibility index (Phi) is 5.74. The number of benzene rings is 2. The van der Waals surface area contributed by atoms with Crippen LogP contribution >= 0.6 is 12.2 Å². The van der Waals surface area contributed by atoms with Crippen molar-refractivity contribution in [2.75, 3.05) is 0 Å². The number of aromatic amines is 3. The van der Waals surface area contributed by atoms with E-state index in [2.05, 4.69) is 44.3 Å². The van der Waals surface area contributed by atoms with Gasteiger partial charge in [0.1, 0.15) is 5.82 Å². The highest BCUT2D eigenvalue weighted by Gasteiger charge is 2.01. The highest BCUT2D eigenvalue weighted by atomic mass is 32.1. The van der Waals surface area contributed by atoms with Gasteiger partial charge in [-0.15, -0.1) is 0 Å². The van der Waals surface area contributed by atoms with Crippen LogP contribution < -0.4 is 4.98 Å². The third-order valence-electron chi connectivity index (χ3n) is 3.08. The summed E-state index contributed by atoms with van der Waals surface area (Å²) in [5.41, 5.74) is 4.49. The summed E-state index contributed by atoms with van der Waals surface area (Å²) in [6, 6.07) is 16.2. The summed E-state index contributed by atoms with van der Waals surface area (Å²) >= 11 is 3.70. The first kappa shape index (κ1) is 16.5. The molecule has 0 aliphatic carbocycles. The Bertz CT molecular complexity index is 794. The molecule has 4 aromatic rings. The molecule has 0 fully saturated rings. The van der Waals surface area contributed by atoms with Gasteiger partial charge in [0.05, 0.1) is 11.0 Å². The van der Waals surface area contributed by atoms with Gasteiger partial charge in [0.15, 0.2) is 11.0 Å². The molecular weight excluding hydrogens is 306 g/mol. The summed E-state index contributed by atoms with van der Waals surface area (Å²) in [4.78, 5) is 13.8. The van der Waals surface area contributed by atoms with Crippen LogP contribution in [0.4, 0.5) is 0 Å². The molecule has 2 aromatic carbocycles. The molecular formula is C17H17N5S. The van der Waals surface area contributed by atoms with E-state index in [9.17, 15) is 0 Å². The van der Waals surface area contributed by atoms with Gasteiger partial charge in [-0.05, 0) is 31.2 Å². The quantitative estimate of drug-likeness (QED) is 0.381. The Morgan fingerprint density at radius 3 is 2.26 bits per heavy atom. The smallest absolute Gasteiger partial charge is 0.249 e. The molecule has 3 N–H and O–H groups in total. The number of hydrogen-bond donors (Lipinski definition) is 2. The Labute approximate surface area is 139 Å². The van der Waals surface area contributed by atoms with Crippen molar-refractivity contribution in [3.8, 4) is 0 Å². The van der Waals surface area contributed by atoms with Gasteiger partial charge in [-0.2, -0.15) is 5.16 Å². The Morgan fingerprint density at radius 2 is 1.61 bits per heavy atom. The van der Waals surface area contributed by atoms with Crippen molar-refractivity contribution in [2.24, 2.45) is 0 Å². The molecule has 6 heteroatoms. The molecule has 0 spiro atoms. The predicted molar refractivity (Wildman–Crippen MR) is 96.4 cm³/mol. The van der Waals surface area contributed by atoms with Crippen LogP contribution in [0, 0.1) is 13.8 Å². The zero-order valence-electron chi connectivity index (χ0n) is 12.9. The van der Waals surface area contributed by atoms with Crippen molar-refractivity contribution in [1.82, 2.24) is 15.0 Å². The molecule has 4 rings (SSSR count). The number of isothiocyanates is 1. The minimum Gasteiger partial charge on any atom is -0.753 e. The number of thiocarbonyl (C=S) groups is 1. The molecule has 0 saturated carbocycles. The molecule has 0 bridgehead atoms. The van der Waals surface area contributed by atoms with E-state index in [-0.39, 0.29) is 0 Å². The van der Waals surface area contributed by atoms with E-state index >= 15 is 0 Å². The Hall–Kier alpha value is -2.82. The van der Waals surface area contributed by atoms with Crippen molar-refractivity contribution in [1.29, 1.82) is 0 Å². The van der Waals surface area contributed by atoms with E-state index < -0.39 is 0 Å². The molecule has 0 unspecified atom stereocenters. The summed E-state index contributed by atoms with van der Waals surface area (Å²) in [5, 5.41) is 8.47. The van der Waals surface area contributed by atoms with Gasteiger partial charge < -0.3 is 10.4 Å². The lowest BCUT2D eigenvalue weighted by atomic mass is 10.3. The maximum absolute atomic E-state index is 7.13. The number of nitrogens with one attached hydrogen (secondary N) is 3. The first-order valence-electron chi connectivity index (χ1n) is 7.03. The van der Waals surface area contributed by atoms with Gasteiger partial charge in [0.2, 0.25) is 5.82 Å². The molecule has 0 aliphatic heterocycles. The average Bonchev–Trinajstić information content (AvgIpc) is 3.08. The second-order valence-corrected chi connectivity index (χ2v) is 5.03. The number of imidazole rings is 2. The number of hydrogen-bond acceptors (Lipinski definition) is 2. The SMILES string of the molecule is Cc1[nH]c2ccccc2[nH+]1.Cc1nc2ccccc2[nH]1.[N-]=C=S. The number of aryl methyl sites for hydroxylation is 2. The third kappa shape index (κ3) is 4.57. The van der Waals surface area contributed by atoms with Crippen LogP contribution in [0.3, 0.4) is 0 Å². The van der Waals surface area contributed by atoms with Crippen molar-refractivity contribution < 1.29 is 4.98 Å². The fraction of sp³-hybridized carbons (Fsp3) is 0.118. The zero-order chi connectivity index (χ0) is 16.7. The topological polar surface area (TPSA) is 80.9 Å². The van der Waals surface area contributed by atoms with Crippen LogP contribution in [-0.2, 0) is 0 Å². The summed E-state index contributed by atoms with van der Waals surface area (Å²) in [5.74, 6) is 2.07. The number of para-hydroxylation sites is 4. The first-order chi connectivity index (χ1) is 11.1. The molecule has 116 valence electrons. The highest BCUT2D eigenvalue weighted by molar-refractivity contribution is 7.78. The van der Waals surface area contributed by atoms with E-state index in [1.165, 1.54) is 16.2 Å². The molecule has 0 amide bonds. The Morgan fingerprint density at radius 1 is 1.00 bits per heavy atom. The number of H-pyrrole nitrogens is 3. The fourth-order valence-electron chi connectivity index (χ4n) is 2.22. The second-order valence-electron chi connectivity index (χ2n) is 4.85. The number of rotatable bonds is 0. The molecule has 23 heavy (non-hydrogen) atoms. The van der Waals surface area contributed by atoms with Crippen molar-refractivity contribution >= 4 is 39.4 Å². The van der Waals surface area contributed by atoms with Crippen LogP contribution in [0.15, 0.2) is 48.5 Å². The van der Waals surface area contributed by atoms with E-state index in [0.717, 1.165) is 22.7 Å². The van der Waals surface area contributed by atoms with Crippen LogP contribution in [0.2, 0.25) is 0 Å². The molecule has 2 aromatic heterocycles. The molecule has 5 nitrogen and oxygen atoms in total. The van der Waals surface area contributed by atoms with Gasteiger partial charge in [0.25, 0.3) is 0 Å². The lowest BCUT2D eigenvalue weighted by Gasteiger charge is -1.81. The summed E-state index contributed by atoms with van der Waals surface area (Å²) in [6.45, 7) is 3.97. The van der Waals surface area contributed by atoms with Crippen LogP contribution in [0.1, 0.15) is 11.6 Å². The fourth-order valence-corrected chi connectivity index (χ4v) is 2.22. The summed E-state index contributed by atoms with van der Waals surface area (Å²) in [7, 11) is 0. The van der Waals surface area contributed by atoms with Gasteiger partial charge >= 0.3 is 0 Å². The van der Waals surface area contributed by atoms with E-state index in [1.54, 1.807) is 0 Å². The standard InChI is InChI=1S/2C8H8N2.CNS/c2*1-6-9-7-4-2-3-5-8(7)10-6;2-1-3/h2*2-5H,1H3,(H,9,10);/q;;-1/p+1. The van der Waals surface area contributed by atoms with E-state index in [1.807, 2.05) is 50.2 Å². The predicted octanol–water partition coefficient (Wildman–Crippen LogP) is 3.82. The lowest BCUT2D eigenvalue weighted by Crippen LogP contribution is -2.00. The molecule has 0 saturated heterocycles. The first-order valence-corrected chi connectivity index (χ1v) is 7.44. The largest absolute Gasteiger partial charge is 0.753 e. The summed E-state index contributed by atoms with van der Waals surface area (Å²) < 4.78 is 0. The molecule has 0 atom stereocenters. The molecule has 0 radical (unpaired) electrons. The van der Waals surface area contributed by atoms with Crippen LogP contribution in [0.5, 0.6) is 0 Å². The highest BCUT2D eigenvalue weighted by Crippen LogP contribution is 2.08. The number of fused-ring (bicyclic) bond motifs is 2. The van der Waals surface area contributed by atoms with Gasteiger partial charge in [0, 0.05) is 6.92 Å². The normalized spacial score (nSPS) is 9.48.